The molecule has 0 aliphatic carbocycles. The van der Waals surface area contributed by atoms with E-state index in [9.17, 15) is 18.8 Å². The lowest BCUT2D eigenvalue weighted by Gasteiger charge is -2.25. The Labute approximate surface area is 162 Å². The minimum absolute atomic E-state index is 0.178. The second-order valence-corrected chi connectivity index (χ2v) is 7.07. The summed E-state index contributed by atoms with van der Waals surface area (Å²) in [6.45, 7) is 5.48. The molecule has 2 aromatic rings. The topological polar surface area (TPSA) is 69.7 Å². The van der Waals surface area contributed by atoms with E-state index in [1.807, 2.05) is 13.0 Å². The first-order valence-electron chi connectivity index (χ1n) is 9.06. The number of imide groups is 1. The number of benzene rings is 2. The van der Waals surface area contributed by atoms with Gasteiger partial charge in [0.2, 0.25) is 5.91 Å². The van der Waals surface area contributed by atoms with Gasteiger partial charge in [-0.2, -0.15) is 0 Å². The third kappa shape index (κ3) is 3.88. The van der Waals surface area contributed by atoms with Crippen LogP contribution in [-0.2, 0) is 9.59 Å². The van der Waals surface area contributed by atoms with E-state index >= 15 is 0 Å². The second kappa shape index (κ2) is 7.80. The summed E-state index contributed by atoms with van der Waals surface area (Å²) in [5.41, 5.74) is 1.84. The number of carbonyl (C=O) groups excluding carboxylic acids is 3. The van der Waals surface area contributed by atoms with Crippen molar-refractivity contribution in [2.75, 3.05) is 10.2 Å². The maximum absolute atomic E-state index is 13.0. The molecule has 146 valence electrons. The molecular weight excluding hydrogens is 361 g/mol. The number of hydrogen-bond acceptors (Lipinski definition) is 3. The predicted octanol–water partition coefficient (Wildman–Crippen LogP) is 3.71. The highest BCUT2D eigenvalue weighted by atomic mass is 19.1. The molecule has 0 spiro atoms. The Hall–Kier alpha value is -3.22. The fraction of sp³-hybridized carbons (Fsp3) is 0.286. The summed E-state index contributed by atoms with van der Waals surface area (Å²) in [4.78, 5) is 40.9. The number of anilines is 2. The first kappa shape index (κ1) is 19.5. The van der Waals surface area contributed by atoms with Gasteiger partial charge >= 0.3 is 6.03 Å². The number of rotatable bonds is 5. The normalized spacial score (nSPS) is 16.8. The summed E-state index contributed by atoms with van der Waals surface area (Å²) in [5, 5.41) is 2.64. The summed E-state index contributed by atoms with van der Waals surface area (Å²) in [5.74, 6) is -1.26. The second-order valence-electron chi connectivity index (χ2n) is 7.07. The first-order valence-corrected chi connectivity index (χ1v) is 9.06. The third-order valence-corrected chi connectivity index (χ3v) is 4.58. The average Bonchev–Trinajstić information content (AvgIpc) is 2.87. The van der Waals surface area contributed by atoms with E-state index in [2.05, 4.69) is 5.32 Å². The zero-order valence-electron chi connectivity index (χ0n) is 16.0. The van der Waals surface area contributed by atoms with Crippen LogP contribution in [0.3, 0.4) is 0 Å². The van der Waals surface area contributed by atoms with Gasteiger partial charge in [0.05, 0.1) is 12.1 Å². The molecule has 1 aliphatic heterocycles. The molecule has 2 aromatic carbocycles. The highest BCUT2D eigenvalue weighted by molar-refractivity contribution is 6.22. The van der Waals surface area contributed by atoms with Gasteiger partial charge in [-0.3, -0.25) is 9.59 Å². The molecule has 7 heteroatoms. The largest absolute Gasteiger partial charge is 0.332 e. The molecule has 1 N–H and O–H groups in total. The summed E-state index contributed by atoms with van der Waals surface area (Å²) in [6.07, 6.45) is -0.178. The number of carbonyl (C=O) groups is 3. The highest BCUT2D eigenvalue weighted by Gasteiger charge is 2.47. The van der Waals surface area contributed by atoms with Crippen molar-refractivity contribution in [1.82, 2.24) is 4.90 Å². The van der Waals surface area contributed by atoms with Gasteiger partial charge in [-0.05, 0) is 62.7 Å². The van der Waals surface area contributed by atoms with Crippen LogP contribution in [0.1, 0.15) is 25.8 Å². The van der Waals surface area contributed by atoms with Gasteiger partial charge in [0.1, 0.15) is 11.9 Å². The van der Waals surface area contributed by atoms with Crippen molar-refractivity contribution >= 4 is 29.2 Å². The van der Waals surface area contributed by atoms with E-state index in [1.165, 1.54) is 29.2 Å². The number of hydrogen-bond donors (Lipinski definition) is 1. The molecule has 1 fully saturated rings. The van der Waals surface area contributed by atoms with Crippen LogP contribution in [0, 0.1) is 12.7 Å². The van der Waals surface area contributed by atoms with Gasteiger partial charge < -0.3 is 10.2 Å². The Morgan fingerprint density at radius 1 is 1.14 bits per heavy atom. The lowest BCUT2D eigenvalue weighted by atomic mass is 10.1. The Morgan fingerprint density at radius 3 is 2.43 bits per heavy atom. The Kier molecular flexibility index (Phi) is 5.44. The number of nitrogens with one attached hydrogen (secondary N) is 1. The molecule has 1 unspecified atom stereocenters. The average molecular weight is 383 g/mol. The van der Waals surface area contributed by atoms with Crippen molar-refractivity contribution in [2.24, 2.45) is 0 Å². The SMILES string of the molecule is Cc1cccc(N2C(=O)C(CC(=O)Nc3ccc(F)cc3)N(C(C)C)C2=O)c1. The Balaban J connectivity index is 1.82. The van der Waals surface area contributed by atoms with Crippen molar-refractivity contribution < 1.29 is 18.8 Å². The zero-order chi connectivity index (χ0) is 20.4. The van der Waals surface area contributed by atoms with E-state index < -0.39 is 29.7 Å². The van der Waals surface area contributed by atoms with Crippen molar-refractivity contribution in [3.63, 3.8) is 0 Å². The molecule has 0 radical (unpaired) electrons. The third-order valence-electron chi connectivity index (χ3n) is 4.58. The fourth-order valence-corrected chi connectivity index (χ4v) is 3.30. The van der Waals surface area contributed by atoms with Crippen LogP contribution >= 0.6 is 0 Å². The fourth-order valence-electron chi connectivity index (χ4n) is 3.30. The number of amides is 4. The molecule has 1 atom stereocenters. The van der Waals surface area contributed by atoms with Crippen molar-refractivity contribution in [2.45, 2.75) is 39.3 Å². The Morgan fingerprint density at radius 2 is 1.82 bits per heavy atom. The summed E-state index contributed by atoms with van der Waals surface area (Å²) in [7, 11) is 0. The lowest BCUT2D eigenvalue weighted by molar-refractivity contribution is -0.124. The zero-order valence-corrected chi connectivity index (χ0v) is 16.0. The minimum Gasteiger partial charge on any atom is -0.326 e. The van der Waals surface area contributed by atoms with Gasteiger partial charge in [0.15, 0.2) is 0 Å². The maximum Gasteiger partial charge on any atom is 0.332 e. The van der Waals surface area contributed by atoms with Gasteiger partial charge in [-0.1, -0.05) is 12.1 Å². The van der Waals surface area contributed by atoms with Crippen molar-refractivity contribution in [1.29, 1.82) is 0 Å². The van der Waals surface area contributed by atoms with Crippen molar-refractivity contribution in [3.05, 3.63) is 59.9 Å². The minimum atomic E-state index is -0.895. The van der Waals surface area contributed by atoms with Crippen LogP contribution in [0.25, 0.3) is 0 Å². The molecule has 3 rings (SSSR count). The number of aryl methyl sites for hydroxylation is 1. The highest BCUT2D eigenvalue weighted by Crippen LogP contribution is 2.29. The van der Waals surface area contributed by atoms with E-state index in [0.717, 1.165) is 10.5 Å². The lowest BCUT2D eigenvalue weighted by Crippen LogP contribution is -2.42. The summed E-state index contributed by atoms with van der Waals surface area (Å²) < 4.78 is 13.0. The van der Waals surface area contributed by atoms with Crippen LogP contribution in [0.2, 0.25) is 0 Å². The van der Waals surface area contributed by atoms with Crippen LogP contribution in [-0.4, -0.2) is 34.8 Å². The Bertz CT molecular complexity index is 911. The van der Waals surface area contributed by atoms with Crippen LogP contribution < -0.4 is 10.2 Å². The maximum atomic E-state index is 13.0. The van der Waals surface area contributed by atoms with Crippen LogP contribution in [0.4, 0.5) is 20.6 Å². The molecule has 1 heterocycles. The molecule has 1 aliphatic rings. The molecule has 28 heavy (non-hydrogen) atoms. The van der Waals surface area contributed by atoms with E-state index in [-0.39, 0.29) is 12.5 Å². The molecule has 0 saturated carbocycles. The van der Waals surface area contributed by atoms with E-state index in [0.29, 0.717) is 11.4 Å². The van der Waals surface area contributed by atoms with Gasteiger partial charge in [-0.15, -0.1) is 0 Å². The van der Waals surface area contributed by atoms with Gasteiger partial charge in [0.25, 0.3) is 5.91 Å². The molecule has 4 amide bonds. The molecule has 6 nitrogen and oxygen atoms in total. The number of nitrogens with zero attached hydrogens (tertiary/aromatic N) is 2. The molecule has 0 bridgehead atoms. The molecule has 0 aromatic heterocycles. The quantitative estimate of drug-likeness (QED) is 0.801. The molecule has 1 saturated heterocycles. The smallest absolute Gasteiger partial charge is 0.326 e. The molecular formula is C21H22FN3O3. The van der Waals surface area contributed by atoms with Crippen molar-refractivity contribution in [3.8, 4) is 0 Å². The number of urea groups is 1. The van der Waals surface area contributed by atoms with Gasteiger partial charge in [-0.25, -0.2) is 14.1 Å². The van der Waals surface area contributed by atoms with E-state index in [1.54, 1.807) is 32.0 Å². The standard InChI is InChI=1S/C21H22FN3O3/c1-13(2)24-18(12-19(26)23-16-9-7-15(22)8-10-16)20(27)25(21(24)28)17-6-4-5-14(3)11-17/h4-11,13,18H,12H2,1-3H3,(H,23,26). The first-order chi connectivity index (χ1) is 13.3. The van der Waals surface area contributed by atoms with E-state index in [4.69, 9.17) is 0 Å². The predicted molar refractivity (Wildman–Crippen MR) is 104 cm³/mol. The van der Waals surface area contributed by atoms with Crippen LogP contribution in [0.5, 0.6) is 0 Å². The number of halogens is 1. The van der Waals surface area contributed by atoms with Gasteiger partial charge in [0, 0.05) is 11.7 Å². The monoisotopic (exact) mass is 383 g/mol. The summed E-state index contributed by atoms with van der Waals surface area (Å²) in [6, 6.07) is 10.9. The van der Waals surface area contributed by atoms with Crippen LogP contribution in [0.15, 0.2) is 48.5 Å². The summed E-state index contributed by atoms with van der Waals surface area (Å²) >= 11 is 0.